The second-order valence-electron chi connectivity index (χ2n) is 7.85. The molecular formula is C22H30N2O3. The second kappa shape index (κ2) is 8.34. The molecule has 1 aromatic heterocycles. The Morgan fingerprint density at radius 3 is 2.63 bits per heavy atom. The summed E-state index contributed by atoms with van der Waals surface area (Å²) in [6.45, 7) is 2.44. The molecule has 2 heterocycles. The van der Waals surface area contributed by atoms with Crippen LogP contribution in [0.5, 0.6) is 5.75 Å². The standard InChI is InChI=1S/C22H30N2O3/c1-26-19-11-10-16(15-23-17-8-4-2-5-9-17)18-14-20(27-21(18)19)22(25)24-12-6-3-7-13-24/h10-11,14,17,23H,2-9,12-13,15H2,1H3. The zero-order chi connectivity index (χ0) is 18.6. The molecule has 2 aromatic rings. The average Bonchev–Trinajstić information content (AvgIpc) is 3.18. The first-order chi connectivity index (χ1) is 13.3. The zero-order valence-corrected chi connectivity index (χ0v) is 16.3. The van der Waals surface area contributed by atoms with Gasteiger partial charge in [-0.25, -0.2) is 0 Å². The van der Waals surface area contributed by atoms with Crippen LogP contribution in [0.25, 0.3) is 11.0 Å². The van der Waals surface area contributed by atoms with Crippen molar-refractivity contribution in [3.05, 3.63) is 29.5 Å². The van der Waals surface area contributed by atoms with E-state index in [0.29, 0.717) is 23.1 Å². The molecule has 4 rings (SSSR count). The summed E-state index contributed by atoms with van der Waals surface area (Å²) in [5.41, 5.74) is 1.85. The third kappa shape index (κ3) is 3.98. The van der Waals surface area contributed by atoms with Crippen LogP contribution in [0, 0.1) is 0 Å². The summed E-state index contributed by atoms with van der Waals surface area (Å²) >= 11 is 0. The number of likely N-dealkylation sites (tertiary alicyclic amines) is 1. The molecule has 2 aliphatic rings. The Bertz CT molecular complexity index is 786. The summed E-state index contributed by atoms with van der Waals surface area (Å²) in [7, 11) is 1.64. The molecule has 1 saturated carbocycles. The third-order valence-electron chi connectivity index (χ3n) is 6.00. The predicted molar refractivity (Wildman–Crippen MR) is 106 cm³/mol. The lowest BCUT2D eigenvalue weighted by molar-refractivity contribution is 0.0694. The van der Waals surface area contributed by atoms with Gasteiger partial charge in [0.1, 0.15) is 0 Å². The van der Waals surface area contributed by atoms with Gasteiger partial charge in [-0.3, -0.25) is 4.79 Å². The number of carbonyl (C=O) groups excluding carboxylic acids is 1. The molecule has 1 saturated heterocycles. The van der Waals surface area contributed by atoms with E-state index in [9.17, 15) is 4.79 Å². The van der Waals surface area contributed by atoms with Gasteiger partial charge in [-0.2, -0.15) is 0 Å². The van der Waals surface area contributed by atoms with Crippen LogP contribution in [0.3, 0.4) is 0 Å². The number of methoxy groups -OCH3 is 1. The van der Waals surface area contributed by atoms with Crippen LogP contribution >= 0.6 is 0 Å². The Morgan fingerprint density at radius 1 is 1.15 bits per heavy atom. The second-order valence-corrected chi connectivity index (χ2v) is 7.85. The van der Waals surface area contributed by atoms with Gasteiger partial charge in [0.15, 0.2) is 17.1 Å². The topological polar surface area (TPSA) is 54.7 Å². The highest BCUT2D eigenvalue weighted by atomic mass is 16.5. The maximum Gasteiger partial charge on any atom is 0.289 e. The van der Waals surface area contributed by atoms with E-state index in [1.54, 1.807) is 7.11 Å². The number of benzene rings is 1. The Balaban J connectivity index is 1.58. The van der Waals surface area contributed by atoms with Crippen LogP contribution in [-0.2, 0) is 6.54 Å². The van der Waals surface area contributed by atoms with Gasteiger partial charge in [-0.1, -0.05) is 25.3 Å². The molecule has 1 amide bonds. The number of hydrogen-bond acceptors (Lipinski definition) is 4. The molecule has 27 heavy (non-hydrogen) atoms. The fourth-order valence-electron chi connectivity index (χ4n) is 4.39. The molecule has 0 spiro atoms. The summed E-state index contributed by atoms with van der Waals surface area (Å²) in [6, 6.07) is 6.53. The van der Waals surface area contributed by atoms with Crippen molar-refractivity contribution in [2.24, 2.45) is 0 Å². The average molecular weight is 370 g/mol. The van der Waals surface area contributed by atoms with E-state index in [2.05, 4.69) is 11.4 Å². The van der Waals surface area contributed by atoms with Crippen molar-refractivity contribution in [1.82, 2.24) is 10.2 Å². The van der Waals surface area contributed by atoms with E-state index in [1.807, 2.05) is 17.0 Å². The minimum absolute atomic E-state index is 0.000794. The van der Waals surface area contributed by atoms with E-state index in [4.69, 9.17) is 9.15 Å². The first kappa shape index (κ1) is 18.4. The van der Waals surface area contributed by atoms with Crippen LogP contribution < -0.4 is 10.1 Å². The number of amides is 1. The molecule has 1 aromatic carbocycles. The van der Waals surface area contributed by atoms with Gasteiger partial charge in [0.05, 0.1) is 7.11 Å². The fourth-order valence-corrected chi connectivity index (χ4v) is 4.39. The summed E-state index contributed by atoms with van der Waals surface area (Å²) in [6.07, 6.45) is 9.85. The highest BCUT2D eigenvalue weighted by molar-refractivity contribution is 5.98. The number of ether oxygens (including phenoxy) is 1. The number of furan rings is 1. The lowest BCUT2D eigenvalue weighted by Gasteiger charge is -2.25. The number of rotatable bonds is 5. The molecule has 5 heteroatoms. The van der Waals surface area contributed by atoms with Gasteiger partial charge in [-0.05, 0) is 49.8 Å². The molecular weight excluding hydrogens is 340 g/mol. The Morgan fingerprint density at radius 2 is 1.89 bits per heavy atom. The maximum absolute atomic E-state index is 12.9. The maximum atomic E-state index is 12.9. The van der Waals surface area contributed by atoms with E-state index >= 15 is 0 Å². The number of hydrogen-bond donors (Lipinski definition) is 1. The molecule has 1 aliphatic carbocycles. The van der Waals surface area contributed by atoms with Gasteiger partial charge >= 0.3 is 0 Å². The first-order valence-electron chi connectivity index (χ1n) is 10.4. The third-order valence-corrected chi connectivity index (χ3v) is 6.00. The van der Waals surface area contributed by atoms with Crippen LogP contribution in [0.15, 0.2) is 22.6 Å². The fraction of sp³-hybridized carbons (Fsp3) is 0.591. The number of nitrogens with one attached hydrogen (secondary N) is 1. The SMILES string of the molecule is COc1ccc(CNC2CCCCC2)c2cc(C(=O)N3CCCCC3)oc12. The Kier molecular flexibility index (Phi) is 5.67. The molecule has 0 atom stereocenters. The minimum atomic E-state index is -0.000794. The largest absolute Gasteiger partial charge is 0.493 e. The lowest BCUT2D eigenvalue weighted by atomic mass is 9.95. The zero-order valence-electron chi connectivity index (χ0n) is 16.3. The molecule has 1 aliphatic heterocycles. The summed E-state index contributed by atoms with van der Waals surface area (Å²) in [5.74, 6) is 1.11. The summed E-state index contributed by atoms with van der Waals surface area (Å²) < 4.78 is 11.5. The first-order valence-corrected chi connectivity index (χ1v) is 10.4. The van der Waals surface area contributed by atoms with E-state index in [1.165, 1.54) is 38.5 Å². The highest BCUT2D eigenvalue weighted by Gasteiger charge is 2.23. The van der Waals surface area contributed by atoms with Crippen molar-refractivity contribution in [3.8, 4) is 5.75 Å². The number of carbonyl (C=O) groups is 1. The molecule has 2 fully saturated rings. The van der Waals surface area contributed by atoms with Crippen LogP contribution in [0.1, 0.15) is 67.5 Å². The van der Waals surface area contributed by atoms with Crippen molar-refractivity contribution < 1.29 is 13.9 Å². The van der Waals surface area contributed by atoms with Crippen molar-refractivity contribution in [1.29, 1.82) is 0 Å². The smallest absolute Gasteiger partial charge is 0.289 e. The normalized spacial score (nSPS) is 18.8. The van der Waals surface area contributed by atoms with Crippen LogP contribution in [0.4, 0.5) is 0 Å². The van der Waals surface area contributed by atoms with Gasteiger partial charge in [-0.15, -0.1) is 0 Å². The van der Waals surface area contributed by atoms with Crippen molar-refractivity contribution >= 4 is 16.9 Å². The minimum Gasteiger partial charge on any atom is -0.493 e. The number of piperidine rings is 1. The van der Waals surface area contributed by atoms with E-state index in [-0.39, 0.29) is 5.91 Å². The molecule has 146 valence electrons. The molecule has 0 radical (unpaired) electrons. The van der Waals surface area contributed by atoms with E-state index in [0.717, 1.165) is 43.4 Å². The monoisotopic (exact) mass is 370 g/mol. The van der Waals surface area contributed by atoms with Crippen LogP contribution in [-0.4, -0.2) is 37.0 Å². The summed E-state index contributed by atoms with van der Waals surface area (Å²) in [4.78, 5) is 14.8. The van der Waals surface area contributed by atoms with Crippen molar-refractivity contribution in [2.75, 3.05) is 20.2 Å². The molecule has 5 nitrogen and oxygen atoms in total. The lowest BCUT2D eigenvalue weighted by Crippen LogP contribution is -2.35. The predicted octanol–water partition coefficient (Wildman–Crippen LogP) is 4.49. The molecule has 1 N–H and O–H groups in total. The van der Waals surface area contributed by atoms with Crippen LogP contribution in [0.2, 0.25) is 0 Å². The highest BCUT2D eigenvalue weighted by Crippen LogP contribution is 2.32. The molecule has 0 bridgehead atoms. The quantitative estimate of drug-likeness (QED) is 0.842. The van der Waals surface area contributed by atoms with Crippen molar-refractivity contribution in [3.63, 3.8) is 0 Å². The number of fused-ring (bicyclic) bond motifs is 1. The van der Waals surface area contributed by atoms with Gasteiger partial charge < -0.3 is 19.4 Å². The van der Waals surface area contributed by atoms with Gasteiger partial charge in [0.25, 0.3) is 5.91 Å². The van der Waals surface area contributed by atoms with Crippen molar-refractivity contribution in [2.45, 2.75) is 64.0 Å². The Labute approximate surface area is 161 Å². The summed E-state index contributed by atoms with van der Waals surface area (Å²) in [5, 5.41) is 4.68. The Hall–Kier alpha value is -2.01. The van der Waals surface area contributed by atoms with Gasteiger partial charge in [0.2, 0.25) is 0 Å². The number of nitrogens with zero attached hydrogens (tertiary/aromatic N) is 1. The molecule has 0 unspecified atom stereocenters. The van der Waals surface area contributed by atoms with E-state index < -0.39 is 0 Å². The van der Waals surface area contributed by atoms with Gasteiger partial charge in [0, 0.05) is 31.1 Å².